The van der Waals surface area contributed by atoms with E-state index < -0.39 is 0 Å². The highest BCUT2D eigenvalue weighted by Gasteiger charge is 2.05. The van der Waals surface area contributed by atoms with Crippen LogP contribution in [0.3, 0.4) is 0 Å². The van der Waals surface area contributed by atoms with Gasteiger partial charge in [0.05, 0.1) is 25.7 Å². The molecule has 1 aromatic carbocycles. The number of aromatic nitrogens is 5. The van der Waals surface area contributed by atoms with E-state index in [1.54, 1.807) is 25.7 Å². The number of hydrogen-bond donors (Lipinski definition) is 0. The summed E-state index contributed by atoms with van der Waals surface area (Å²) in [6.07, 6.45) is 6.49. The molecule has 0 unspecified atom stereocenters. The molecule has 0 spiro atoms. The third-order valence-electron chi connectivity index (χ3n) is 2.66. The molecule has 2 aromatic heterocycles. The molecule has 0 fully saturated rings. The SMILES string of the molecule is COc1ccc(-c2cnn(-c3cncnc3)n2)cc1. The zero-order valence-corrected chi connectivity index (χ0v) is 10.3. The summed E-state index contributed by atoms with van der Waals surface area (Å²) in [6, 6.07) is 7.66. The third kappa shape index (κ3) is 2.28. The minimum Gasteiger partial charge on any atom is -0.497 e. The van der Waals surface area contributed by atoms with E-state index in [9.17, 15) is 0 Å². The van der Waals surface area contributed by atoms with Gasteiger partial charge in [0, 0.05) is 5.56 Å². The predicted molar refractivity (Wildman–Crippen MR) is 68.9 cm³/mol. The lowest BCUT2D eigenvalue weighted by Gasteiger charge is -2.00. The molecule has 0 bridgehead atoms. The van der Waals surface area contributed by atoms with Crippen LogP contribution in [0.25, 0.3) is 16.9 Å². The summed E-state index contributed by atoms with van der Waals surface area (Å²) >= 11 is 0. The molecule has 0 aliphatic heterocycles. The van der Waals surface area contributed by atoms with Crippen LogP contribution in [0.15, 0.2) is 49.2 Å². The minimum absolute atomic E-state index is 0.724. The Hall–Kier alpha value is -2.76. The number of ether oxygens (including phenoxy) is 1. The van der Waals surface area contributed by atoms with Crippen LogP contribution in [0.4, 0.5) is 0 Å². The van der Waals surface area contributed by atoms with Gasteiger partial charge in [0.1, 0.15) is 23.5 Å². The van der Waals surface area contributed by atoms with Crippen molar-refractivity contribution in [3.63, 3.8) is 0 Å². The molecule has 0 saturated heterocycles. The zero-order valence-electron chi connectivity index (χ0n) is 10.3. The second-order valence-corrected chi connectivity index (χ2v) is 3.84. The smallest absolute Gasteiger partial charge is 0.122 e. The van der Waals surface area contributed by atoms with Crippen LogP contribution < -0.4 is 4.74 Å². The first-order valence-corrected chi connectivity index (χ1v) is 5.69. The standard InChI is InChI=1S/C13H11N5O/c1-19-12-4-2-10(3-5-12)13-8-16-18(17-13)11-6-14-9-15-7-11/h2-9H,1H3. The van der Waals surface area contributed by atoms with E-state index in [0.29, 0.717) is 0 Å². The molecule has 0 atom stereocenters. The van der Waals surface area contributed by atoms with Gasteiger partial charge in [-0.25, -0.2) is 9.97 Å². The van der Waals surface area contributed by atoms with Gasteiger partial charge in [0.25, 0.3) is 0 Å². The molecule has 0 amide bonds. The largest absolute Gasteiger partial charge is 0.497 e. The molecule has 3 aromatic rings. The number of hydrogen-bond acceptors (Lipinski definition) is 5. The fourth-order valence-corrected chi connectivity index (χ4v) is 1.68. The van der Waals surface area contributed by atoms with Gasteiger partial charge in [-0.2, -0.15) is 5.10 Å². The molecule has 2 heterocycles. The van der Waals surface area contributed by atoms with Crippen molar-refractivity contribution in [1.82, 2.24) is 25.0 Å². The Balaban J connectivity index is 1.92. The Morgan fingerprint density at radius 2 is 1.74 bits per heavy atom. The van der Waals surface area contributed by atoms with E-state index in [1.807, 2.05) is 24.3 Å². The van der Waals surface area contributed by atoms with Crippen molar-refractivity contribution in [2.45, 2.75) is 0 Å². The first kappa shape index (κ1) is 11.3. The summed E-state index contributed by atoms with van der Waals surface area (Å²) < 4.78 is 5.12. The van der Waals surface area contributed by atoms with Gasteiger partial charge in [-0.15, -0.1) is 9.90 Å². The molecule has 0 N–H and O–H groups in total. The van der Waals surface area contributed by atoms with E-state index in [2.05, 4.69) is 20.2 Å². The maximum absolute atomic E-state index is 5.12. The number of methoxy groups -OCH3 is 1. The molecule has 0 aliphatic carbocycles. The lowest BCUT2D eigenvalue weighted by atomic mass is 10.2. The highest BCUT2D eigenvalue weighted by Crippen LogP contribution is 2.20. The summed E-state index contributed by atoms with van der Waals surface area (Å²) in [5.41, 5.74) is 2.48. The molecule has 0 radical (unpaired) electrons. The summed E-state index contributed by atoms with van der Waals surface area (Å²) in [4.78, 5) is 9.37. The van der Waals surface area contributed by atoms with Gasteiger partial charge >= 0.3 is 0 Å². The van der Waals surface area contributed by atoms with Crippen LogP contribution in [-0.2, 0) is 0 Å². The second kappa shape index (κ2) is 4.85. The maximum atomic E-state index is 5.12. The quantitative estimate of drug-likeness (QED) is 0.711. The number of benzene rings is 1. The molecule has 19 heavy (non-hydrogen) atoms. The maximum Gasteiger partial charge on any atom is 0.122 e. The van der Waals surface area contributed by atoms with Crippen LogP contribution in [0.1, 0.15) is 0 Å². The average molecular weight is 253 g/mol. The molecule has 94 valence electrons. The first-order valence-electron chi connectivity index (χ1n) is 5.69. The van der Waals surface area contributed by atoms with Gasteiger partial charge in [0.2, 0.25) is 0 Å². The molecular formula is C13H11N5O. The highest BCUT2D eigenvalue weighted by molar-refractivity contribution is 5.58. The second-order valence-electron chi connectivity index (χ2n) is 3.84. The van der Waals surface area contributed by atoms with Crippen molar-refractivity contribution in [2.24, 2.45) is 0 Å². The molecule has 6 nitrogen and oxygen atoms in total. The Kier molecular flexibility index (Phi) is 2.89. The Morgan fingerprint density at radius 3 is 2.42 bits per heavy atom. The van der Waals surface area contributed by atoms with E-state index in [0.717, 1.165) is 22.7 Å². The molecule has 6 heteroatoms. The average Bonchev–Trinajstić information content (AvgIpc) is 2.98. The van der Waals surface area contributed by atoms with Crippen molar-refractivity contribution in [3.8, 4) is 22.7 Å². The van der Waals surface area contributed by atoms with Gasteiger partial charge in [-0.1, -0.05) is 0 Å². The summed E-state index contributed by atoms with van der Waals surface area (Å²) in [5.74, 6) is 0.813. The normalized spacial score (nSPS) is 10.4. The minimum atomic E-state index is 0.724. The highest BCUT2D eigenvalue weighted by atomic mass is 16.5. The first-order chi connectivity index (χ1) is 9.36. The third-order valence-corrected chi connectivity index (χ3v) is 2.66. The van der Waals surface area contributed by atoms with Crippen molar-refractivity contribution in [1.29, 1.82) is 0 Å². The van der Waals surface area contributed by atoms with Crippen molar-refractivity contribution >= 4 is 0 Å². The molecule has 3 rings (SSSR count). The summed E-state index contributed by atoms with van der Waals surface area (Å²) in [7, 11) is 1.64. The monoisotopic (exact) mass is 253 g/mol. The Bertz CT molecular complexity index is 663. The zero-order chi connectivity index (χ0) is 13.1. The lowest BCUT2D eigenvalue weighted by molar-refractivity contribution is 0.415. The Morgan fingerprint density at radius 1 is 1.00 bits per heavy atom. The van der Waals surface area contributed by atoms with E-state index in [1.165, 1.54) is 11.1 Å². The van der Waals surface area contributed by atoms with Crippen molar-refractivity contribution < 1.29 is 4.74 Å². The molecule has 0 aliphatic rings. The van der Waals surface area contributed by atoms with Gasteiger partial charge in [-0.3, -0.25) is 0 Å². The van der Waals surface area contributed by atoms with Crippen LogP contribution >= 0.6 is 0 Å². The molecular weight excluding hydrogens is 242 g/mol. The van der Waals surface area contributed by atoms with Crippen molar-refractivity contribution in [3.05, 3.63) is 49.2 Å². The van der Waals surface area contributed by atoms with Gasteiger partial charge in [0.15, 0.2) is 0 Å². The van der Waals surface area contributed by atoms with Crippen LogP contribution in [0, 0.1) is 0 Å². The van der Waals surface area contributed by atoms with Gasteiger partial charge < -0.3 is 4.74 Å². The summed E-state index contributed by atoms with van der Waals surface area (Å²) in [6.45, 7) is 0. The van der Waals surface area contributed by atoms with E-state index in [4.69, 9.17) is 4.74 Å². The predicted octanol–water partition coefficient (Wildman–Crippen LogP) is 1.73. The van der Waals surface area contributed by atoms with Crippen LogP contribution in [0.2, 0.25) is 0 Å². The molecule has 0 saturated carbocycles. The van der Waals surface area contributed by atoms with Gasteiger partial charge in [-0.05, 0) is 24.3 Å². The summed E-state index contributed by atoms with van der Waals surface area (Å²) in [5, 5.41) is 8.59. The fourth-order valence-electron chi connectivity index (χ4n) is 1.68. The number of nitrogens with zero attached hydrogens (tertiary/aromatic N) is 5. The topological polar surface area (TPSA) is 65.7 Å². The van der Waals surface area contributed by atoms with Crippen LogP contribution in [0.5, 0.6) is 5.75 Å². The number of rotatable bonds is 3. The fraction of sp³-hybridized carbons (Fsp3) is 0.0769. The van der Waals surface area contributed by atoms with E-state index >= 15 is 0 Å². The Labute approximate surface area is 109 Å². The van der Waals surface area contributed by atoms with E-state index in [-0.39, 0.29) is 0 Å². The lowest BCUT2D eigenvalue weighted by Crippen LogP contribution is -1.99. The van der Waals surface area contributed by atoms with Crippen LogP contribution in [-0.4, -0.2) is 32.1 Å². The van der Waals surface area contributed by atoms with Crippen molar-refractivity contribution in [2.75, 3.05) is 7.11 Å².